The topological polar surface area (TPSA) is 29.8 Å². The maximum Gasteiger partial charge on any atom is 0.343 e. The third-order valence-electron chi connectivity index (χ3n) is 7.13. The molecule has 0 aliphatic heterocycles. The lowest BCUT2D eigenvalue weighted by atomic mass is 9.88. The molecule has 0 unspecified atom stereocenters. The average Bonchev–Trinajstić information content (AvgIpc) is 3.48. The van der Waals surface area contributed by atoms with Gasteiger partial charge in [-0.05, 0) is 92.1 Å². The van der Waals surface area contributed by atoms with E-state index < -0.39 is 0 Å². The fourth-order valence-electron chi connectivity index (χ4n) is 5.19. The largest absolute Gasteiger partial charge is 0.497 e. The van der Waals surface area contributed by atoms with Crippen LogP contribution in [0, 0.1) is 0 Å². The zero-order valence-corrected chi connectivity index (χ0v) is 21.1. The van der Waals surface area contributed by atoms with E-state index in [1.807, 2.05) is 36.4 Å². The first-order chi connectivity index (χ1) is 18.2. The summed E-state index contributed by atoms with van der Waals surface area (Å²) in [6.45, 7) is 0. The lowest BCUT2D eigenvalue weighted by molar-refractivity contribution is 0.415. The number of hydrogen-bond donors (Lipinski definition) is 0. The van der Waals surface area contributed by atoms with Gasteiger partial charge in [0.25, 0.3) is 7.11 Å². The van der Waals surface area contributed by atoms with E-state index in [4.69, 9.17) is 13.9 Å². The van der Waals surface area contributed by atoms with Crippen molar-refractivity contribution in [2.24, 2.45) is 0 Å². The Morgan fingerprint density at radius 1 is 0.541 bits per heavy atom. The van der Waals surface area contributed by atoms with Gasteiger partial charge in [-0.25, -0.2) is 0 Å². The highest BCUT2D eigenvalue weighted by molar-refractivity contribution is 6.12. The minimum atomic E-state index is 0.833. The van der Waals surface area contributed by atoms with Gasteiger partial charge in [0.2, 0.25) is 0 Å². The molecule has 0 spiro atoms. The lowest BCUT2D eigenvalue weighted by Crippen LogP contribution is -1.94. The molecule has 0 aromatic heterocycles. The smallest absolute Gasteiger partial charge is 0.343 e. The molecule has 0 heterocycles. The molecular weight excluding hydrogens is 456 g/mol. The molecule has 180 valence electrons. The summed E-state index contributed by atoms with van der Waals surface area (Å²) in [5.41, 5.74) is 12.6. The second-order valence-corrected chi connectivity index (χ2v) is 9.04. The van der Waals surface area contributed by atoms with Crippen molar-refractivity contribution in [1.29, 1.82) is 0 Å². The van der Waals surface area contributed by atoms with Gasteiger partial charge in [-0.3, -0.25) is 4.42 Å². The molecule has 5 aliphatic carbocycles. The van der Waals surface area contributed by atoms with Crippen molar-refractivity contribution in [1.82, 2.24) is 0 Å². The molecule has 6 rings (SSSR count). The Morgan fingerprint density at radius 2 is 1.05 bits per heavy atom. The van der Waals surface area contributed by atoms with Gasteiger partial charge in [-0.15, -0.1) is 0 Å². The molecule has 0 radical (unpaired) electrons. The first-order valence-electron chi connectivity index (χ1n) is 12.3. The molecule has 0 bridgehead atoms. The molecule has 1 aromatic carbocycles. The second-order valence-electron chi connectivity index (χ2n) is 9.04. The van der Waals surface area contributed by atoms with Crippen LogP contribution in [0.3, 0.4) is 0 Å². The fourth-order valence-corrected chi connectivity index (χ4v) is 5.19. The zero-order chi connectivity index (χ0) is 25.4. The molecule has 0 saturated heterocycles. The number of ether oxygens (including phenoxy) is 2. The van der Waals surface area contributed by atoms with E-state index in [9.17, 15) is 0 Å². The number of fused-ring (bicyclic) bond motifs is 3. The Bertz CT molecular complexity index is 1620. The summed E-state index contributed by atoms with van der Waals surface area (Å²) in [6, 6.07) is 33.8. The summed E-state index contributed by atoms with van der Waals surface area (Å²) in [7, 11) is 5.10. The maximum atomic E-state index is 5.51. The molecule has 3 heteroatoms. The molecule has 0 N–H and O–H groups in total. The van der Waals surface area contributed by atoms with E-state index in [1.54, 1.807) is 21.3 Å². The Labute approximate surface area is 217 Å². The van der Waals surface area contributed by atoms with Crippen LogP contribution in [0.25, 0.3) is 39.5 Å². The van der Waals surface area contributed by atoms with Gasteiger partial charge < -0.3 is 9.47 Å². The predicted molar refractivity (Wildman–Crippen MR) is 153 cm³/mol. The molecular formula is C34H27O3+. The third-order valence-corrected chi connectivity index (χ3v) is 7.13. The predicted octanol–water partition coefficient (Wildman–Crippen LogP) is 7.43. The van der Waals surface area contributed by atoms with E-state index >= 15 is 0 Å². The highest BCUT2D eigenvalue weighted by Gasteiger charge is 2.24. The summed E-state index contributed by atoms with van der Waals surface area (Å²) in [6.07, 6.45) is 4.42. The average molecular weight is 484 g/mol. The van der Waals surface area contributed by atoms with Crippen molar-refractivity contribution in [3.8, 4) is 33.8 Å². The fraction of sp³-hybridized carbons (Fsp3) is 0.0882. The van der Waals surface area contributed by atoms with Crippen LogP contribution in [0.5, 0.6) is 11.5 Å². The van der Waals surface area contributed by atoms with Crippen LogP contribution >= 0.6 is 0 Å². The van der Waals surface area contributed by atoms with Crippen LogP contribution in [0.4, 0.5) is 0 Å². The summed E-state index contributed by atoms with van der Waals surface area (Å²) in [5, 5.41) is 0. The number of hydrogen-bond acceptors (Lipinski definition) is 2. The second kappa shape index (κ2) is 9.44. The van der Waals surface area contributed by atoms with E-state index in [-0.39, 0.29) is 0 Å². The van der Waals surface area contributed by atoms with Crippen LogP contribution < -0.4 is 14.9 Å². The molecule has 0 saturated carbocycles. The van der Waals surface area contributed by atoms with E-state index in [1.165, 1.54) is 55.7 Å². The molecule has 0 amide bonds. The molecule has 1 aromatic rings. The van der Waals surface area contributed by atoms with Gasteiger partial charge in [-0.1, -0.05) is 60.7 Å². The maximum absolute atomic E-state index is 5.51. The van der Waals surface area contributed by atoms with Crippen LogP contribution in [-0.2, 0) is 0 Å². The monoisotopic (exact) mass is 483 g/mol. The van der Waals surface area contributed by atoms with Gasteiger partial charge >= 0.3 is 5.43 Å². The van der Waals surface area contributed by atoms with Crippen molar-refractivity contribution in [2.45, 2.75) is 0 Å². The molecule has 37 heavy (non-hydrogen) atoms. The minimum Gasteiger partial charge on any atom is -0.497 e. The number of methoxy groups -OCH3 is 2. The normalized spacial score (nSPS) is 12.7. The third kappa shape index (κ3) is 3.99. The standard InChI is InChI=1S/C34H27O3/c1-35-25-10-4-22-7-16-31(28(22)19-13-25)34(32-17-8-23-5-11-26(36-2)14-20-29(23)32)33-18-9-24-6-12-27(37-3)15-21-30(24)33/h4-21H,1-3H3/q+1. The van der Waals surface area contributed by atoms with E-state index in [2.05, 4.69) is 72.8 Å². The van der Waals surface area contributed by atoms with Crippen LogP contribution in [0.15, 0.2) is 108 Å². The minimum absolute atomic E-state index is 0.833. The highest BCUT2D eigenvalue weighted by atomic mass is 16.5. The van der Waals surface area contributed by atoms with Crippen LogP contribution in [-0.4, -0.2) is 21.3 Å². The van der Waals surface area contributed by atoms with Crippen molar-refractivity contribution >= 4 is 17.2 Å². The number of rotatable bonds is 4. The van der Waals surface area contributed by atoms with Gasteiger partial charge in [0, 0.05) is 12.1 Å². The van der Waals surface area contributed by atoms with Crippen molar-refractivity contribution in [3.05, 3.63) is 135 Å². The van der Waals surface area contributed by atoms with Gasteiger partial charge in [-0.2, -0.15) is 0 Å². The van der Waals surface area contributed by atoms with E-state index in [0.717, 1.165) is 16.9 Å². The molecule has 0 fully saturated rings. The summed E-state index contributed by atoms with van der Waals surface area (Å²) < 4.78 is 16.5. The SMILES string of the molecule is COc1ccc2ccc(C(=C3C=Cc4ccc(=[O+]C)ccc43)c3ccc4ccc(OC)ccc3-4)c-2cc1. The molecule has 0 atom stereocenters. The molecule has 3 nitrogen and oxygen atoms in total. The highest BCUT2D eigenvalue weighted by Crippen LogP contribution is 2.46. The lowest BCUT2D eigenvalue weighted by Gasteiger charge is -2.14. The Balaban J connectivity index is 1.68. The Morgan fingerprint density at radius 3 is 1.62 bits per heavy atom. The van der Waals surface area contributed by atoms with E-state index in [0.29, 0.717) is 0 Å². The van der Waals surface area contributed by atoms with Crippen molar-refractivity contribution in [3.63, 3.8) is 0 Å². The van der Waals surface area contributed by atoms with Crippen LogP contribution in [0.2, 0.25) is 0 Å². The summed E-state index contributed by atoms with van der Waals surface area (Å²) in [4.78, 5) is 0. The zero-order valence-electron chi connectivity index (χ0n) is 21.1. The van der Waals surface area contributed by atoms with Gasteiger partial charge in [0.1, 0.15) is 11.5 Å². The van der Waals surface area contributed by atoms with Gasteiger partial charge in [0.05, 0.1) is 14.2 Å². The van der Waals surface area contributed by atoms with Crippen molar-refractivity contribution in [2.75, 3.05) is 21.3 Å². The Kier molecular flexibility index (Phi) is 5.82. The first-order valence-corrected chi connectivity index (χ1v) is 12.3. The summed E-state index contributed by atoms with van der Waals surface area (Å²) in [5.74, 6) is 1.67. The van der Waals surface area contributed by atoms with Crippen molar-refractivity contribution < 1.29 is 9.47 Å². The van der Waals surface area contributed by atoms with Gasteiger partial charge in [0.15, 0.2) is 0 Å². The Hall–Kier alpha value is -4.63. The molecule has 5 aliphatic rings. The number of allylic oxidation sites excluding steroid dienone is 2. The summed E-state index contributed by atoms with van der Waals surface area (Å²) >= 11 is 0. The quantitative estimate of drug-likeness (QED) is 0.249. The first kappa shape index (κ1) is 22.8. The van der Waals surface area contributed by atoms with Crippen LogP contribution in [0.1, 0.15) is 22.3 Å².